The van der Waals surface area contributed by atoms with Gasteiger partial charge in [-0.3, -0.25) is 0 Å². The Morgan fingerprint density at radius 3 is 2.82 bits per heavy atom. The smallest absolute Gasteiger partial charge is 0.530 e. The summed E-state index contributed by atoms with van der Waals surface area (Å²) in [6, 6.07) is 2.88. The van der Waals surface area contributed by atoms with Gasteiger partial charge in [-0.25, -0.2) is 4.79 Å². The molecule has 1 aromatic rings. The maximum absolute atomic E-state index is 10.3. The summed E-state index contributed by atoms with van der Waals surface area (Å²) in [5.41, 5.74) is 0. The van der Waals surface area contributed by atoms with Crippen molar-refractivity contribution in [3.05, 3.63) is 17.0 Å². The lowest BCUT2D eigenvalue weighted by atomic mass is 10.4. The van der Waals surface area contributed by atoms with Crippen LogP contribution in [0.2, 0.25) is 0 Å². The summed E-state index contributed by atoms with van der Waals surface area (Å²) < 4.78 is 4.52. The highest BCUT2D eigenvalue weighted by molar-refractivity contribution is 7.15. The summed E-state index contributed by atoms with van der Waals surface area (Å²) in [4.78, 5) is 10.5. The molecule has 0 aliphatic heterocycles. The number of carboxylic acids is 1. The molecule has 1 rings (SSSR count). The molecule has 0 aliphatic carbocycles. The van der Waals surface area contributed by atoms with Crippen LogP contribution in [0, 0.1) is 0 Å². The third kappa shape index (κ3) is 1.96. The molecule has 0 saturated carbocycles. The molecule has 4 nitrogen and oxygen atoms in total. The van der Waals surface area contributed by atoms with E-state index in [0.717, 1.165) is 11.3 Å². The fraction of sp³-hybridized carbons (Fsp3) is 0. The summed E-state index contributed by atoms with van der Waals surface area (Å²) in [6.45, 7) is 0. The summed E-state index contributed by atoms with van der Waals surface area (Å²) in [7, 11) is 0.511. The fourth-order valence-corrected chi connectivity index (χ4v) is 1.22. The lowest BCUT2D eigenvalue weighted by Gasteiger charge is -1.91. The van der Waals surface area contributed by atoms with Crippen LogP contribution in [0.1, 0.15) is 9.67 Å². The number of hydrogen-bond donors (Lipinski definition) is 2. The summed E-state index contributed by atoms with van der Waals surface area (Å²) in [5, 5.41) is 17.0. The molecular formula is C5H4BO4S. The van der Waals surface area contributed by atoms with E-state index in [4.69, 9.17) is 10.1 Å². The predicted molar refractivity (Wildman–Crippen MR) is 39.9 cm³/mol. The highest BCUT2D eigenvalue weighted by Gasteiger charge is 2.06. The molecule has 0 amide bonds. The average molecular weight is 171 g/mol. The van der Waals surface area contributed by atoms with Crippen LogP contribution in [-0.4, -0.2) is 23.8 Å². The topological polar surface area (TPSA) is 66.8 Å². The highest BCUT2D eigenvalue weighted by Crippen LogP contribution is 2.23. The van der Waals surface area contributed by atoms with Gasteiger partial charge in [0.25, 0.3) is 0 Å². The monoisotopic (exact) mass is 171 g/mol. The normalized spacial score (nSPS) is 9.18. The summed E-state index contributed by atoms with van der Waals surface area (Å²) in [6.07, 6.45) is 0. The first-order valence-electron chi connectivity index (χ1n) is 2.69. The number of carboxylic acid groups (broad SMARTS) is 1. The third-order valence-electron chi connectivity index (χ3n) is 0.961. The third-order valence-corrected chi connectivity index (χ3v) is 1.93. The quantitative estimate of drug-likeness (QED) is 0.644. The zero-order chi connectivity index (χ0) is 8.27. The molecule has 1 radical (unpaired) electrons. The van der Waals surface area contributed by atoms with Crippen molar-refractivity contribution >= 4 is 25.0 Å². The van der Waals surface area contributed by atoms with Gasteiger partial charge in [0.2, 0.25) is 0 Å². The van der Waals surface area contributed by atoms with Gasteiger partial charge in [-0.1, -0.05) is 11.3 Å². The Bertz CT molecular complexity index is 259. The van der Waals surface area contributed by atoms with Gasteiger partial charge >= 0.3 is 13.7 Å². The van der Waals surface area contributed by atoms with E-state index >= 15 is 0 Å². The molecule has 57 valence electrons. The first-order valence-corrected chi connectivity index (χ1v) is 3.51. The molecule has 0 aliphatic rings. The minimum Gasteiger partial charge on any atom is -0.530 e. The number of hydrogen-bond acceptors (Lipinski definition) is 4. The summed E-state index contributed by atoms with van der Waals surface area (Å²) >= 11 is 0.953. The number of aromatic carboxylic acids is 1. The van der Waals surface area contributed by atoms with Crippen molar-refractivity contribution in [3.8, 4) is 5.06 Å². The van der Waals surface area contributed by atoms with Crippen molar-refractivity contribution in [2.45, 2.75) is 0 Å². The van der Waals surface area contributed by atoms with Crippen molar-refractivity contribution in [3.63, 3.8) is 0 Å². The van der Waals surface area contributed by atoms with Crippen molar-refractivity contribution in [1.29, 1.82) is 0 Å². The van der Waals surface area contributed by atoms with Gasteiger partial charge in [-0.2, -0.15) is 0 Å². The Morgan fingerprint density at radius 2 is 2.36 bits per heavy atom. The van der Waals surface area contributed by atoms with Crippen LogP contribution in [0.4, 0.5) is 0 Å². The maximum Gasteiger partial charge on any atom is 0.569 e. The molecule has 6 heteroatoms. The lowest BCUT2D eigenvalue weighted by Crippen LogP contribution is -1.97. The van der Waals surface area contributed by atoms with Crippen molar-refractivity contribution in [2.75, 3.05) is 0 Å². The largest absolute Gasteiger partial charge is 0.569 e. The first-order chi connectivity index (χ1) is 5.24. The van der Waals surface area contributed by atoms with E-state index < -0.39 is 5.97 Å². The van der Waals surface area contributed by atoms with Crippen molar-refractivity contribution < 1.29 is 19.6 Å². The number of thiophene rings is 1. The Kier molecular flexibility index (Phi) is 2.51. The van der Waals surface area contributed by atoms with E-state index in [0.29, 0.717) is 12.7 Å². The molecule has 0 saturated heterocycles. The molecule has 11 heavy (non-hydrogen) atoms. The Hall–Kier alpha value is -1.01. The zero-order valence-electron chi connectivity index (χ0n) is 5.35. The second-order valence-corrected chi connectivity index (χ2v) is 2.69. The van der Waals surface area contributed by atoms with Gasteiger partial charge in [0.15, 0.2) is 5.06 Å². The molecule has 0 aromatic carbocycles. The molecule has 0 fully saturated rings. The van der Waals surface area contributed by atoms with Gasteiger partial charge in [-0.05, 0) is 12.1 Å². The molecule has 1 aromatic heterocycles. The Labute approximate surface area is 67.4 Å². The van der Waals surface area contributed by atoms with Crippen molar-refractivity contribution in [1.82, 2.24) is 0 Å². The SMILES string of the molecule is O=C(O)c1ccc(O[B]O)s1. The lowest BCUT2D eigenvalue weighted by molar-refractivity contribution is 0.0702. The second-order valence-electron chi connectivity index (χ2n) is 1.65. The van der Waals surface area contributed by atoms with Crippen LogP contribution in [0.15, 0.2) is 12.1 Å². The van der Waals surface area contributed by atoms with E-state index in [2.05, 4.69) is 4.65 Å². The minimum atomic E-state index is -0.997. The van der Waals surface area contributed by atoms with Crippen molar-refractivity contribution in [2.24, 2.45) is 0 Å². The van der Waals surface area contributed by atoms with Crippen LogP contribution in [0.5, 0.6) is 5.06 Å². The molecule has 2 N–H and O–H groups in total. The van der Waals surface area contributed by atoms with Crippen LogP contribution < -0.4 is 4.65 Å². The minimum absolute atomic E-state index is 0.182. The maximum atomic E-state index is 10.3. The molecule has 0 unspecified atom stereocenters. The van der Waals surface area contributed by atoms with E-state index in [1.54, 1.807) is 0 Å². The van der Waals surface area contributed by atoms with Gasteiger partial charge in [0, 0.05) is 0 Å². The number of rotatable bonds is 3. The Balaban J connectivity index is 2.73. The van der Waals surface area contributed by atoms with E-state index in [9.17, 15) is 4.79 Å². The van der Waals surface area contributed by atoms with Crippen LogP contribution >= 0.6 is 11.3 Å². The average Bonchev–Trinajstić information content (AvgIpc) is 2.37. The Morgan fingerprint density at radius 1 is 1.64 bits per heavy atom. The van der Waals surface area contributed by atoms with Gasteiger partial charge < -0.3 is 14.8 Å². The van der Waals surface area contributed by atoms with Gasteiger partial charge in [-0.15, -0.1) is 0 Å². The van der Waals surface area contributed by atoms with Crippen LogP contribution in [-0.2, 0) is 0 Å². The molecule has 0 spiro atoms. The predicted octanol–water partition coefficient (Wildman–Crippen LogP) is 0.352. The highest BCUT2D eigenvalue weighted by atomic mass is 32.1. The van der Waals surface area contributed by atoms with E-state index in [1.807, 2.05) is 0 Å². The zero-order valence-corrected chi connectivity index (χ0v) is 6.17. The number of carbonyl (C=O) groups is 1. The summed E-state index contributed by atoms with van der Waals surface area (Å²) in [5.74, 6) is -0.997. The van der Waals surface area contributed by atoms with E-state index in [1.165, 1.54) is 12.1 Å². The fourth-order valence-electron chi connectivity index (χ4n) is 0.550. The van der Waals surface area contributed by atoms with Crippen LogP contribution in [0.3, 0.4) is 0 Å². The molecule has 1 heterocycles. The first kappa shape index (κ1) is 8.09. The van der Waals surface area contributed by atoms with Gasteiger partial charge in [0.05, 0.1) is 0 Å². The standard InChI is InChI=1S/C5H4BO4S/c7-5(8)3-1-2-4(11-3)10-6-9/h1-2,9H,(H,7,8). The van der Waals surface area contributed by atoms with Crippen LogP contribution in [0.25, 0.3) is 0 Å². The molecular weight excluding hydrogens is 167 g/mol. The van der Waals surface area contributed by atoms with Gasteiger partial charge in [0.1, 0.15) is 4.88 Å². The molecule has 0 atom stereocenters. The van der Waals surface area contributed by atoms with E-state index in [-0.39, 0.29) is 4.88 Å². The molecule has 0 bridgehead atoms. The second kappa shape index (κ2) is 3.40.